The summed E-state index contributed by atoms with van der Waals surface area (Å²) in [7, 11) is 0. The topological polar surface area (TPSA) is 73.1 Å². The highest BCUT2D eigenvalue weighted by Crippen LogP contribution is 2.26. The molecule has 0 aliphatic heterocycles. The molecule has 23 heavy (non-hydrogen) atoms. The van der Waals surface area contributed by atoms with Crippen molar-refractivity contribution in [1.29, 1.82) is 0 Å². The van der Waals surface area contributed by atoms with Crippen molar-refractivity contribution in [1.82, 2.24) is 4.98 Å². The highest BCUT2D eigenvalue weighted by molar-refractivity contribution is 5.87. The lowest BCUT2D eigenvalue weighted by Gasteiger charge is -2.06. The van der Waals surface area contributed by atoms with Crippen LogP contribution in [0.4, 0.5) is 5.69 Å². The van der Waals surface area contributed by atoms with Gasteiger partial charge >= 0.3 is 0 Å². The lowest BCUT2D eigenvalue weighted by Crippen LogP contribution is -1.90. The van der Waals surface area contributed by atoms with E-state index in [1.54, 1.807) is 12.1 Å². The van der Waals surface area contributed by atoms with Crippen LogP contribution in [-0.2, 0) is 0 Å². The second-order valence-corrected chi connectivity index (χ2v) is 4.94. The summed E-state index contributed by atoms with van der Waals surface area (Å²) in [4.78, 5) is 25.4. The molecular weight excluding hydrogens is 292 g/mol. The molecule has 0 aliphatic rings. The average Bonchev–Trinajstić information content (AvgIpc) is 2.62. The quantitative estimate of drug-likeness (QED) is 0.412. The van der Waals surface area contributed by atoms with Crippen molar-refractivity contribution in [3.63, 3.8) is 0 Å². The number of aromatic nitrogens is 1. The number of nitro groups is 1. The summed E-state index contributed by atoms with van der Waals surface area (Å²) < 4.78 is 0. The summed E-state index contributed by atoms with van der Waals surface area (Å²) in [5.74, 6) is 0. The lowest BCUT2D eigenvalue weighted by molar-refractivity contribution is -0.385. The van der Waals surface area contributed by atoms with Crippen LogP contribution in [0.25, 0.3) is 22.4 Å². The van der Waals surface area contributed by atoms with Crippen LogP contribution < -0.4 is 0 Å². The molecule has 5 heteroatoms. The van der Waals surface area contributed by atoms with Crippen molar-refractivity contribution in [2.45, 2.75) is 0 Å². The van der Waals surface area contributed by atoms with E-state index in [-0.39, 0.29) is 5.69 Å². The fourth-order valence-electron chi connectivity index (χ4n) is 2.35. The molecule has 1 heterocycles. The second-order valence-electron chi connectivity index (χ2n) is 4.94. The van der Waals surface area contributed by atoms with Gasteiger partial charge in [-0.05, 0) is 17.2 Å². The minimum absolute atomic E-state index is 0.0368. The molecule has 0 spiro atoms. The fourth-order valence-corrected chi connectivity index (χ4v) is 2.35. The van der Waals surface area contributed by atoms with Gasteiger partial charge in [-0.1, -0.05) is 48.5 Å². The van der Waals surface area contributed by atoms with Crippen molar-refractivity contribution in [2.75, 3.05) is 0 Å². The molecule has 0 atom stereocenters. The average molecular weight is 304 g/mol. The van der Waals surface area contributed by atoms with E-state index in [9.17, 15) is 14.9 Å². The molecule has 0 N–H and O–H groups in total. The molecule has 5 nitrogen and oxygen atoms in total. The van der Waals surface area contributed by atoms with Gasteiger partial charge in [0.15, 0.2) is 6.29 Å². The number of nitrogens with zero attached hydrogens (tertiary/aromatic N) is 2. The molecule has 0 aliphatic carbocycles. The van der Waals surface area contributed by atoms with E-state index in [2.05, 4.69) is 4.98 Å². The number of aldehydes is 1. The Kier molecular flexibility index (Phi) is 3.93. The summed E-state index contributed by atoms with van der Waals surface area (Å²) in [6.45, 7) is 0. The van der Waals surface area contributed by atoms with Crippen LogP contribution in [0.5, 0.6) is 0 Å². The molecule has 112 valence electrons. The maximum atomic E-state index is 11.1. The van der Waals surface area contributed by atoms with Gasteiger partial charge in [0.05, 0.1) is 10.6 Å². The zero-order valence-electron chi connectivity index (χ0n) is 12.0. The minimum Gasteiger partial charge on any atom is -0.298 e. The summed E-state index contributed by atoms with van der Waals surface area (Å²) >= 11 is 0. The number of hydrogen-bond acceptors (Lipinski definition) is 4. The molecule has 3 aromatic rings. The van der Waals surface area contributed by atoms with Crippen LogP contribution in [0.1, 0.15) is 10.4 Å². The van der Waals surface area contributed by atoms with Crippen LogP contribution in [-0.4, -0.2) is 16.2 Å². The number of pyridine rings is 1. The van der Waals surface area contributed by atoms with Crippen molar-refractivity contribution < 1.29 is 9.72 Å². The Morgan fingerprint density at radius 3 is 2.22 bits per heavy atom. The van der Waals surface area contributed by atoms with E-state index >= 15 is 0 Å². The molecule has 0 saturated heterocycles. The van der Waals surface area contributed by atoms with Crippen LogP contribution in [0.15, 0.2) is 66.9 Å². The standard InChI is InChI=1S/C18H12N2O3/c21-12-15-3-1-2-4-17(15)13-5-7-14(8-6-13)18-10-9-16(11-19-18)20(22)23/h1-12H. The highest BCUT2D eigenvalue weighted by Gasteiger charge is 2.08. The predicted octanol–water partition coefficient (Wildman–Crippen LogP) is 4.14. The second kappa shape index (κ2) is 6.19. The smallest absolute Gasteiger partial charge is 0.287 e. The fraction of sp³-hybridized carbons (Fsp3) is 0. The molecule has 0 radical (unpaired) electrons. The van der Waals surface area contributed by atoms with E-state index in [0.29, 0.717) is 11.3 Å². The highest BCUT2D eigenvalue weighted by atomic mass is 16.6. The summed E-state index contributed by atoms with van der Waals surface area (Å²) in [5.41, 5.74) is 3.90. The Hall–Kier alpha value is -3.34. The first-order valence-electron chi connectivity index (χ1n) is 6.94. The number of rotatable bonds is 4. The molecule has 1 aromatic heterocycles. The normalized spacial score (nSPS) is 10.3. The third-order valence-corrected chi connectivity index (χ3v) is 3.54. The predicted molar refractivity (Wildman–Crippen MR) is 87.2 cm³/mol. The third-order valence-electron chi connectivity index (χ3n) is 3.54. The van der Waals surface area contributed by atoms with Gasteiger partial charge in [0.1, 0.15) is 6.20 Å². The number of carbonyl (C=O) groups excluding carboxylic acids is 1. The van der Waals surface area contributed by atoms with Gasteiger partial charge in [-0.25, -0.2) is 4.98 Å². The van der Waals surface area contributed by atoms with Gasteiger partial charge in [0.25, 0.3) is 5.69 Å². The molecule has 0 saturated carbocycles. The summed E-state index contributed by atoms with van der Waals surface area (Å²) in [5, 5.41) is 10.6. The third kappa shape index (κ3) is 2.98. The molecular formula is C18H12N2O3. The summed E-state index contributed by atoms with van der Waals surface area (Å²) in [6, 6.07) is 18.0. The van der Waals surface area contributed by atoms with Crippen LogP contribution >= 0.6 is 0 Å². The van der Waals surface area contributed by atoms with E-state index < -0.39 is 4.92 Å². The first kappa shape index (κ1) is 14.6. The maximum absolute atomic E-state index is 11.1. The molecule has 2 aromatic carbocycles. The van der Waals surface area contributed by atoms with E-state index in [1.165, 1.54) is 12.3 Å². The van der Waals surface area contributed by atoms with Crippen molar-refractivity contribution in [3.8, 4) is 22.4 Å². The van der Waals surface area contributed by atoms with Gasteiger partial charge < -0.3 is 0 Å². The largest absolute Gasteiger partial charge is 0.298 e. The number of benzene rings is 2. The van der Waals surface area contributed by atoms with Crippen LogP contribution in [0.2, 0.25) is 0 Å². The minimum atomic E-state index is -0.476. The van der Waals surface area contributed by atoms with Crippen molar-refractivity contribution in [2.24, 2.45) is 0 Å². The first-order valence-corrected chi connectivity index (χ1v) is 6.94. The first-order chi connectivity index (χ1) is 11.2. The van der Waals surface area contributed by atoms with Crippen molar-refractivity contribution in [3.05, 3.63) is 82.5 Å². The van der Waals surface area contributed by atoms with Crippen LogP contribution in [0, 0.1) is 10.1 Å². The Balaban J connectivity index is 1.93. The number of carbonyl (C=O) groups is 1. The van der Waals surface area contributed by atoms with Gasteiger partial charge in [0.2, 0.25) is 0 Å². The Labute approximate surface area is 132 Å². The Morgan fingerprint density at radius 1 is 0.913 bits per heavy atom. The Morgan fingerprint density at radius 2 is 1.61 bits per heavy atom. The van der Waals surface area contributed by atoms with E-state index in [4.69, 9.17) is 0 Å². The van der Waals surface area contributed by atoms with Gasteiger partial charge in [-0.15, -0.1) is 0 Å². The van der Waals surface area contributed by atoms with Gasteiger partial charge in [-0.2, -0.15) is 0 Å². The van der Waals surface area contributed by atoms with Gasteiger partial charge in [0, 0.05) is 17.2 Å². The zero-order chi connectivity index (χ0) is 16.2. The summed E-state index contributed by atoms with van der Waals surface area (Å²) in [6.07, 6.45) is 2.08. The molecule has 0 fully saturated rings. The SMILES string of the molecule is O=Cc1ccccc1-c1ccc(-c2ccc([N+](=O)[O-])cn2)cc1. The number of hydrogen-bond donors (Lipinski definition) is 0. The zero-order valence-corrected chi connectivity index (χ0v) is 12.0. The Bertz CT molecular complexity index is 856. The molecule has 3 rings (SSSR count). The van der Waals surface area contributed by atoms with Gasteiger partial charge in [-0.3, -0.25) is 14.9 Å². The van der Waals surface area contributed by atoms with E-state index in [0.717, 1.165) is 23.0 Å². The molecule has 0 unspecified atom stereocenters. The molecule has 0 amide bonds. The van der Waals surface area contributed by atoms with E-state index in [1.807, 2.05) is 42.5 Å². The van der Waals surface area contributed by atoms with Crippen molar-refractivity contribution >= 4 is 12.0 Å². The lowest BCUT2D eigenvalue weighted by atomic mass is 9.99. The van der Waals surface area contributed by atoms with Crippen LogP contribution in [0.3, 0.4) is 0 Å². The maximum Gasteiger partial charge on any atom is 0.287 e. The molecule has 0 bridgehead atoms. The monoisotopic (exact) mass is 304 g/mol.